The van der Waals surface area contributed by atoms with Crippen molar-refractivity contribution in [2.75, 3.05) is 12.4 Å². The summed E-state index contributed by atoms with van der Waals surface area (Å²) in [4.78, 5) is 28.6. The van der Waals surface area contributed by atoms with Crippen molar-refractivity contribution in [3.63, 3.8) is 0 Å². The molecule has 7 nitrogen and oxygen atoms in total. The molecule has 2 aromatic rings. The topological polar surface area (TPSA) is 89.5 Å². The molecule has 2 atom stereocenters. The maximum Gasteiger partial charge on any atom is 0.325 e. The number of hydrogen-bond donors (Lipinski definition) is 2. The van der Waals surface area contributed by atoms with Crippen LogP contribution in [0.15, 0.2) is 30.5 Å². The normalized spacial score (nSPS) is 24.1. The zero-order valence-corrected chi connectivity index (χ0v) is 17.2. The number of pyridine rings is 1. The quantitative estimate of drug-likeness (QED) is 0.742. The van der Waals surface area contributed by atoms with E-state index in [4.69, 9.17) is 9.47 Å². The number of amides is 3. The lowest BCUT2D eigenvalue weighted by atomic mass is 9.58. The van der Waals surface area contributed by atoms with Crippen molar-refractivity contribution in [2.24, 2.45) is 17.8 Å². The van der Waals surface area contributed by atoms with E-state index >= 15 is 0 Å². The van der Waals surface area contributed by atoms with Crippen LogP contribution in [0.3, 0.4) is 0 Å². The molecule has 3 fully saturated rings. The predicted molar refractivity (Wildman–Crippen MR) is 108 cm³/mol. The smallest absolute Gasteiger partial charge is 0.325 e. The molecule has 31 heavy (non-hydrogen) atoms. The number of nitrogens with zero attached hydrogens (tertiary/aromatic N) is 1. The number of ether oxygens (including phenoxy) is 2. The van der Waals surface area contributed by atoms with Crippen LogP contribution in [0.25, 0.3) is 0 Å². The summed E-state index contributed by atoms with van der Waals surface area (Å²) in [6.45, 7) is 1.59. The van der Waals surface area contributed by atoms with Crippen molar-refractivity contribution in [3.05, 3.63) is 47.7 Å². The van der Waals surface area contributed by atoms with E-state index in [2.05, 4.69) is 15.6 Å². The predicted octanol–water partition coefficient (Wildman–Crippen LogP) is 4.17. The molecular weight excluding hydrogens is 408 g/mol. The second kappa shape index (κ2) is 8.58. The first-order valence-corrected chi connectivity index (χ1v) is 10.1. The number of halogens is 2. The van der Waals surface area contributed by atoms with Crippen LogP contribution in [0.5, 0.6) is 11.6 Å². The molecule has 0 unspecified atom stereocenters. The summed E-state index contributed by atoms with van der Waals surface area (Å²) in [5.41, 5.74) is 0.560. The van der Waals surface area contributed by atoms with Gasteiger partial charge in [-0.2, -0.15) is 0 Å². The lowest BCUT2D eigenvalue weighted by Gasteiger charge is -2.49. The first kappa shape index (κ1) is 21.2. The van der Waals surface area contributed by atoms with Crippen molar-refractivity contribution in [3.8, 4) is 11.6 Å². The minimum Gasteiger partial charge on any atom is -0.436 e. The lowest BCUT2D eigenvalue weighted by molar-refractivity contribution is -0.140. The summed E-state index contributed by atoms with van der Waals surface area (Å²) in [5.74, 6) is -1.15. The first-order chi connectivity index (χ1) is 14.8. The van der Waals surface area contributed by atoms with Crippen LogP contribution < -0.4 is 15.4 Å². The molecule has 0 aliphatic heterocycles. The van der Waals surface area contributed by atoms with Gasteiger partial charge in [0.1, 0.15) is 5.82 Å². The molecule has 3 aliphatic carbocycles. The number of fused-ring (bicyclic) bond motifs is 2. The van der Waals surface area contributed by atoms with Crippen LogP contribution in [0, 0.1) is 36.3 Å². The molecule has 164 valence electrons. The highest BCUT2D eigenvalue weighted by atomic mass is 19.1. The number of methoxy groups -OCH3 is 1. The van der Waals surface area contributed by atoms with Crippen LogP contribution in [0.2, 0.25) is 0 Å². The van der Waals surface area contributed by atoms with Crippen LogP contribution in [-0.4, -0.2) is 30.1 Å². The van der Waals surface area contributed by atoms with Crippen molar-refractivity contribution >= 4 is 17.6 Å². The van der Waals surface area contributed by atoms with Gasteiger partial charge in [-0.15, -0.1) is 0 Å². The van der Waals surface area contributed by atoms with E-state index in [1.54, 1.807) is 14.0 Å². The van der Waals surface area contributed by atoms with Crippen molar-refractivity contribution < 1.29 is 27.8 Å². The van der Waals surface area contributed by atoms with E-state index in [1.165, 1.54) is 12.1 Å². The molecule has 0 spiro atoms. The molecule has 3 amide bonds. The summed E-state index contributed by atoms with van der Waals surface area (Å²) in [6, 6.07) is 4.28. The molecule has 1 heterocycles. The third-order valence-corrected chi connectivity index (χ3v) is 6.06. The SMILES string of the molecule is CO[C@@H]1C[C@H](C(=O)NC(=O)Nc2cc(C)c(Oc3ccc(F)cn3)c(F)c2)C2CC1C2. The van der Waals surface area contributed by atoms with Gasteiger partial charge in [-0.25, -0.2) is 18.6 Å². The summed E-state index contributed by atoms with van der Waals surface area (Å²) < 4.78 is 38.3. The fourth-order valence-corrected chi connectivity index (χ4v) is 4.41. The Morgan fingerprint density at radius 3 is 2.55 bits per heavy atom. The fourth-order valence-electron chi connectivity index (χ4n) is 4.41. The Balaban J connectivity index is 1.38. The lowest BCUT2D eigenvalue weighted by Crippen LogP contribution is -2.52. The molecule has 2 bridgehead atoms. The number of hydrogen-bond acceptors (Lipinski definition) is 5. The highest BCUT2D eigenvalue weighted by molar-refractivity contribution is 6.02. The number of urea groups is 1. The number of benzene rings is 1. The third kappa shape index (κ3) is 4.51. The Labute approximate surface area is 178 Å². The van der Waals surface area contributed by atoms with Crippen molar-refractivity contribution in [1.29, 1.82) is 0 Å². The Morgan fingerprint density at radius 2 is 1.90 bits per heavy atom. The number of carbonyl (C=O) groups excluding carboxylic acids is 2. The van der Waals surface area contributed by atoms with E-state index in [0.29, 0.717) is 17.9 Å². The molecule has 5 rings (SSSR count). The Bertz CT molecular complexity index is 970. The molecule has 9 heteroatoms. The maximum absolute atomic E-state index is 14.5. The number of rotatable bonds is 5. The van der Waals surface area contributed by atoms with E-state index in [9.17, 15) is 18.4 Å². The van der Waals surface area contributed by atoms with E-state index < -0.39 is 17.7 Å². The largest absolute Gasteiger partial charge is 0.436 e. The molecule has 0 radical (unpaired) electrons. The Kier molecular flexibility index (Phi) is 5.86. The summed E-state index contributed by atoms with van der Waals surface area (Å²) in [6.07, 6.45) is 3.48. The van der Waals surface area contributed by atoms with Gasteiger partial charge in [-0.1, -0.05) is 0 Å². The monoisotopic (exact) mass is 431 g/mol. The molecular formula is C22H23F2N3O4. The van der Waals surface area contributed by atoms with E-state index in [-0.39, 0.29) is 41.2 Å². The van der Waals surface area contributed by atoms with Crippen LogP contribution >= 0.6 is 0 Å². The number of nitrogens with one attached hydrogen (secondary N) is 2. The summed E-state index contributed by atoms with van der Waals surface area (Å²) in [7, 11) is 1.64. The van der Waals surface area contributed by atoms with E-state index in [1.807, 2.05) is 0 Å². The Morgan fingerprint density at radius 1 is 1.13 bits per heavy atom. The highest BCUT2D eigenvalue weighted by Gasteiger charge is 2.48. The molecule has 2 N–H and O–H groups in total. The number of aromatic nitrogens is 1. The fraction of sp³-hybridized carbons (Fsp3) is 0.409. The molecule has 1 aromatic carbocycles. The second-order valence-corrected chi connectivity index (χ2v) is 8.07. The maximum atomic E-state index is 14.5. The molecule has 3 saturated carbocycles. The van der Waals surface area contributed by atoms with Crippen LogP contribution in [0.4, 0.5) is 19.3 Å². The minimum atomic E-state index is -0.733. The third-order valence-electron chi connectivity index (χ3n) is 6.06. The van der Waals surface area contributed by atoms with Gasteiger partial charge in [-0.3, -0.25) is 10.1 Å². The average Bonchev–Trinajstić information content (AvgIpc) is 2.70. The van der Waals surface area contributed by atoms with Crippen molar-refractivity contribution in [1.82, 2.24) is 10.3 Å². The van der Waals surface area contributed by atoms with Gasteiger partial charge >= 0.3 is 6.03 Å². The van der Waals surface area contributed by atoms with Crippen molar-refractivity contribution in [2.45, 2.75) is 32.3 Å². The standard InChI is InChI=1S/C22H23F2N3O4/c1-11-5-15(8-17(24)20(11)31-19-4-3-14(23)10-25-19)26-22(29)27-21(28)16-9-18(30-2)13-6-12(16)7-13/h3-5,8,10,12-13,16,18H,6-7,9H2,1-2H3,(H2,26,27,28,29)/t12?,13?,16-,18+/m0/s1. The molecule has 1 aromatic heterocycles. The Hall–Kier alpha value is -3.07. The number of carbonyl (C=O) groups is 2. The van der Waals surface area contributed by atoms with Gasteiger partial charge < -0.3 is 14.8 Å². The van der Waals surface area contributed by atoms with Gasteiger partial charge in [0.25, 0.3) is 0 Å². The van der Waals surface area contributed by atoms with Crippen LogP contribution in [-0.2, 0) is 9.53 Å². The van der Waals surface area contributed by atoms with Gasteiger partial charge in [0.15, 0.2) is 11.6 Å². The molecule has 3 aliphatic rings. The summed E-state index contributed by atoms with van der Waals surface area (Å²) in [5, 5.41) is 4.83. The minimum absolute atomic E-state index is 0.0347. The van der Waals surface area contributed by atoms with Gasteiger partial charge in [0.05, 0.1) is 12.3 Å². The zero-order valence-electron chi connectivity index (χ0n) is 17.2. The second-order valence-electron chi connectivity index (χ2n) is 8.07. The first-order valence-electron chi connectivity index (χ1n) is 10.1. The van der Waals surface area contributed by atoms with Crippen LogP contribution in [0.1, 0.15) is 24.8 Å². The van der Waals surface area contributed by atoms with Gasteiger partial charge in [-0.05, 0) is 55.7 Å². The highest BCUT2D eigenvalue weighted by Crippen LogP contribution is 2.50. The molecule has 0 saturated heterocycles. The number of imide groups is 1. The van der Waals surface area contributed by atoms with Gasteiger partial charge in [0.2, 0.25) is 11.8 Å². The number of aryl methyl sites for hydroxylation is 1. The summed E-state index contributed by atoms with van der Waals surface area (Å²) >= 11 is 0. The zero-order chi connectivity index (χ0) is 22.1. The van der Waals surface area contributed by atoms with E-state index in [0.717, 1.165) is 31.2 Å². The number of anilines is 1. The van der Waals surface area contributed by atoms with Gasteiger partial charge in [0, 0.05) is 30.8 Å². The average molecular weight is 431 g/mol.